The molecule has 19 heavy (non-hydrogen) atoms. The summed E-state index contributed by atoms with van der Waals surface area (Å²) < 4.78 is 4.60. The number of anilines is 1. The summed E-state index contributed by atoms with van der Waals surface area (Å²) >= 11 is 10.4. The fourth-order valence-electron chi connectivity index (χ4n) is 1.66. The smallest absolute Gasteiger partial charge is 0.250 e. The maximum Gasteiger partial charge on any atom is 0.250 e. The van der Waals surface area contributed by atoms with E-state index in [4.69, 9.17) is 0 Å². The molecule has 0 unspecified atom stereocenters. The molecule has 1 heterocycles. The first-order valence-corrected chi connectivity index (χ1v) is 8.00. The zero-order chi connectivity index (χ0) is 13.8. The van der Waals surface area contributed by atoms with Crippen LogP contribution in [-0.4, -0.2) is 11.1 Å². The van der Waals surface area contributed by atoms with Gasteiger partial charge in [0.05, 0.1) is 5.69 Å². The van der Waals surface area contributed by atoms with Crippen molar-refractivity contribution in [1.29, 1.82) is 0 Å². The number of hydrogen-bond acceptors (Lipinski definition) is 2. The summed E-state index contributed by atoms with van der Waals surface area (Å²) in [5.74, 6) is 0. The van der Waals surface area contributed by atoms with Gasteiger partial charge in [-0.05, 0) is 50.1 Å². The average molecular weight is 451 g/mol. The molecule has 100 valence electrons. The number of benzene rings is 1. The molecule has 0 saturated carbocycles. The molecule has 3 nitrogen and oxygen atoms in total. The summed E-state index contributed by atoms with van der Waals surface area (Å²) in [6.45, 7) is 1.29. The third-order valence-corrected chi connectivity index (χ3v) is 4.27. The van der Waals surface area contributed by atoms with Crippen molar-refractivity contribution in [2.45, 2.75) is 6.54 Å². The SMILES string of the molecule is O=c1ccccn1CCNc1c(Br)cc(Br)cc1Br. The molecule has 0 aliphatic rings. The van der Waals surface area contributed by atoms with Crippen molar-refractivity contribution in [3.63, 3.8) is 0 Å². The number of nitrogens with zero attached hydrogens (tertiary/aromatic N) is 1. The Balaban J connectivity index is 2.04. The summed E-state index contributed by atoms with van der Waals surface area (Å²) in [5, 5.41) is 3.31. The van der Waals surface area contributed by atoms with Gasteiger partial charge in [-0.25, -0.2) is 0 Å². The molecule has 1 aromatic carbocycles. The molecule has 1 aromatic heterocycles. The van der Waals surface area contributed by atoms with E-state index in [1.54, 1.807) is 22.9 Å². The van der Waals surface area contributed by atoms with E-state index in [2.05, 4.69) is 53.1 Å². The molecule has 0 bridgehead atoms. The lowest BCUT2D eigenvalue weighted by Gasteiger charge is -2.12. The number of pyridine rings is 1. The van der Waals surface area contributed by atoms with E-state index < -0.39 is 0 Å². The number of aromatic nitrogens is 1. The van der Waals surface area contributed by atoms with E-state index in [1.165, 1.54) is 0 Å². The Hall–Kier alpha value is -0.590. The predicted octanol–water partition coefficient (Wildman–Crippen LogP) is 4.25. The molecule has 2 rings (SSSR count). The number of hydrogen-bond donors (Lipinski definition) is 1. The topological polar surface area (TPSA) is 34.0 Å². The van der Waals surface area contributed by atoms with Crippen molar-refractivity contribution in [3.8, 4) is 0 Å². The fourth-order valence-corrected chi connectivity index (χ4v) is 4.20. The van der Waals surface area contributed by atoms with Crippen LogP contribution in [0.1, 0.15) is 0 Å². The van der Waals surface area contributed by atoms with Gasteiger partial charge in [0, 0.05) is 38.8 Å². The van der Waals surface area contributed by atoms with Gasteiger partial charge in [-0.3, -0.25) is 4.79 Å². The molecular weight excluding hydrogens is 440 g/mol. The summed E-state index contributed by atoms with van der Waals surface area (Å²) in [7, 11) is 0. The third kappa shape index (κ3) is 3.94. The lowest BCUT2D eigenvalue weighted by Crippen LogP contribution is -2.22. The predicted molar refractivity (Wildman–Crippen MR) is 88.7 cm³/mol. The van der Waals surface area contributed by atoms with Gasteiger partial charge in [-0.15, -0.1) is 0 Å². The first-order chi connectivity index (χ1) is 9.08. The van der Waals surface area contributed by atoms with E-state index >= 15 is 0 Å². The second-order valence-electron chi connectivity index (χ2n) is 3.90. The minimum atomic E-state index is 0.0123. The van der Waals surface area contributed by atoms with Crippen LogP contribution in [0, 0.1) is 0 Å². The Morgan fingerprint density at radius 3 is 2.42 bits per heavy atom. The van der Waals surface area contributed by atoms with Crippen LogP contribution < -0.4 is 10.9 Å². The van der Waals surface area contributed by atoms with Crippen LogP contribution in [0.3, 0.4) is 0 Å². The Kier molecular flexibility index (Phi) is 5.24. The van der Waals surface area contributed by atoms with Crippen LogP contribution in [-0.2, 0) is 6.54 Å². The highest BCUT2D eigenvalue weighted by atomic mass is 79.9. The minimum absolute atomic E-state index is 0.0123. The summed E-state index contributed by atoms with van der Waals surface area (Å²) in [6, 6.07) is 9.11. The van der Waals surface area contributed by atoms with Crippen LogP contribution in [0.4, 0.5) is 5.69 Å². The van der Waals surface area contributed by atoms with Crippen LogP contribution in [0.15, 0.2) is 54.7 Å². The maximum atomic E-state index is 11.6. The molecule has 0 aliphatic carbocycles. The first-order valence-electron chi connectivity index (χ1n) is 5.62. The lowest BCUT2D eigenvalue weighted by molar-refractivity contribution is 0.697. The van der Waals surface area contributed by atoms with Gasteiger partial charge in [-0.1, -0.05) is 22.0 Å². The van der Waals surface area contributed by atoms with Gasteiger partial charge in [0.15, 0.2) is 0 Å². The van der Waals surface area contributed by atoms with Gasteiger partial charge in [0.1, 0.15) is 0 Å². The van der Waals surface area contributed by atoms with Gasteiger partial charge in [0.25, 0.3) is 5.56 Å². The number of rotatable bonds is 4. The Morgan fingerprint density at radius 2 is 1.79 bits per heavy atom. The van der Waals surface area contributed by atoms with Gasteiger partial charge in [-0.2, -0.15) is 0 Å². The zero-order valence-corrected chi connectivity index (χ0v) is 14.6. The highest BCUT2D eigenvalue weighted by Gasteiger charge is 2.06. The quantitative estimate of drug-likeness (QED) is 0.755. The van der Waals surface area contributed by atoms with Crippen LogP contribution >= 0.6 is 47.8 Å². The molecule has 0 radical (unpaired) electrons. The number of nitrogens with one attached hydrogen (secondary N) is 1. The molecule has 0 fully saturated rings. The van der Waals surface area contributed by atoms with Crippen molar-refractivity contribution in [2.75, 3.05) is 11.9 Å². The van der Waals surface area contributed by atoms with Crippen LogP contribution in [0.25, 0.3) is 0 Å². The molecule has 2 aromatic rings. The van der Waals surface area contributed by atoms with Gasteiger partial charge in [0.2, 0.25) is 0 Å². The summed E-state index contributed by atoms with van der Waals surface area (Å²) in [5.41, 5.74) is 0.991. The van der Waals surface area contributed by atoms with E-state index in [0.717, 1.165) is 19.1 Å². The minimum Gasteiger partial charge on any atom is -0.381 e. The fraction of sp³-hybridized carbons (Fsp3) is 0.154. The van der Waals surface area contributed by atoms with Crippen LogP contribution in [0.5, 0.6) is 0 Å². The Morgan fingerprint density at radius 1 is 1.11 bits per heavy atom. The van der Waals surface area contributed by atoms with E-state index in [0.29, 0.717) is 13.1 Å². The molecule has 0 spiro atoms. The lowest BCUT2D eigenvalue weighted by atomic mass is 10.3. The van der Waals surface area contributed by atoms with Gasteiger partial charge < -0.3 is 9.88 Å². The first kappa shape index (κ1) is 14.8. The zero-order valence-electron chi connectivity index (χ0n) is 9.87. The Bertz CT molecular complexity index is 617. The molecule has 0 saturated heterocycles. The molecular formula is C13H11Br3N2O. The number of halogens is 3. The molecule has 6 heteroatoms. The average Bonchev–Trinajstić information content (AvgIpc) is 2.34. The van der Waals surface area contributed by atoms with E-state index in [1.807, 2.05) is 18.2 Å². The molecule has 0 atom stereocenters. The molecule has 0 aliphatic heterocycles. The van der Waals surface area contributed by atoms with Crippen molar-refractivity contribution in [2.24, 2.45) is 0 Å². The van der Waals surface area contributed by atoms with Crippen molar-refractivity contribution >= 4 is 53.5 Å². The van der Waals surface area contributed by atoms with Crippen molar-refractivity contribution in [1.82, 2.24) is 4.57 Å². The normalized spacial score (nSPS) is 10.5. The highest BCUT2D eigenvalue weighted by molar-refractivity contribution is 9.11. The van der Waals surface area contributed by atoms with Gasteiger partial charge >= 0.3 is 0 Å². The van der Waals surface area contributed by atoms with Crippen LogP contribution in [0.2, 0.25) is 0 Å². The molecule has 1 N–H and O–H groups in total. The van der Waals surface area contributed by atoms with Crippen molar-refractivity contribution < 1.29 is 0 Å². The highest BCUT2D eigenvalue weighted by Crippen LogP contribution is 2.34. The van der Waals surface area contributed by atoms with E-state index in [-0.39, 0.29) is 5.56 Å². The Labute approximate surface area is 136 Å². The molecule has 0 amide bonds. The second kappa shape index (κ2) is 6.72. The standard InChI is InChI=1S/C13H11Br3N2O/c14-9-7-10(15)13(11(16)8-9)17-4-6-18-5-2-1-3-12(18)19/h1-3,5,7-8,17H,4,6H2. The van der Waals surface area contributed by atoms with E-state index in [9.17, 15) is 4.79 Å². The maximum absolute atomic E-state index is 11.6. The summed E-state index contributed by atoms with van der Waals surface area (Å²) in [4.78, 5) is 11.6. The van der Waals surface area contributed by atoms with Crippen molar-refractivity contribution in [3.05, 3.63) is 60.3 Å². The monoisotopic (exact) mass is 448 g/mol. The largest absolute Gasteiger partial charge is 0.381 e. The third-order valence-electron chi connectivity index (χ3n) is 2.56. The second-order valence-corrected chi connectivity index (χ2v) is 6.53. The summed E-state index contributed by atoms with van der Waals surface area (Å²) in [6.07, 6.45) is 1.79.